The minimum atomic E-state index is -0.151. The Morgan fingerprint density at radius 2 is 1.78 bits per heavy atom. The number of rotatable bonds is 7. The fourth-order valence-corrected chi connectivity index (χ4v) is 4.94. The zero-order chi connectivity index (χ0) is 22.5. The Kier molecular flexibility index (Phi) is 6.72. The summed E-state index contributed by atoms with van der Waals surface area (Å²) >= 11 is 2.88. The molecule has 0 fully saturated rings. The van der Waals surface area contributed by atoms with Gasteiger partial charge in [-0.3, -0.25) is 9.59 Å². The first-order valence-corrected chi connectivity index (χ1v) is 11.7. The van der Waals surface area contributed by atoms with Gasteiger partial charge in [0.15, 0.2) is 4.34 Å². The maximum atomic E-state index is 12.5. The van der Waals surface area contributed by atoms with Gasteiger partial charge in [-0.2, -0.15) is 0 Å². The molecule has 0 aliphatic rings. The average Bonchev–Trinajstić information content (AvgIpc) is 3.20. The number of hydrogen-bond donors (Lipinski definition) is 2. The summed E-state index contributed by atoms with van der Waals surface area (Å²) in [4.78, 5) is 29.3. The van der Waals surface area contributed by atoms with Crippen LogP contribution in [0.1, 0.15) is 15.9 Å². The number of thiazole rings is 1. The van der Waals surface area contributed by atoms with E-state index in [2.05, 4.69) is 15.6 Å². The molecule has 2 N–H and O–H groups in total. The highest BCUT2D eigenvalue weighted by Crippen LogP contribution is 2.31. The highest BCUT2D eigenvalue weighted by atomic mass is 32.2. The maximum Gasteiger partial charge on any atom is 0.255 e. The molecule has 1 heterocycles. The highest BCUT2D eigenvalue weighted by molar-refractivity contribution is 8.01. The van der Waals surface area contributed by atoms with Gasteiger partial charge in [0, 0.05) is 16.9 Å². The van der Waals surface area contributed by atoms with Gasteiger partial charge in [0.25, 0.3) is 5.91 Å². The molecule has 32 heavy (non-hydrogen) atoms. The van der Waals surface area contributed by atoms with E-state index in [4.69, 9.17) is 4.74 Å². The van der Waals surface area contributed by atoms with Gasteiger partial charge in [0.2, 0.25) is 5.91 Å². The number of hydrogen-bond acceptors (Lipinski definition) is 6. The monoisotopic (exact) mass is 463 g/mol. The number of benzene rings is 3. The summed E-state index contributed by atoms with van der Waals surface area (Å²) in [6.45, 7) is 1.95. The van der Waals surface area contributed by atoms with E-state index in [9.17, 15) is 9.59 Å². The molecule has 0 aliphatic carbocycles. The number of aryl methyl sites for hydroxylation is 1. The predicted molar refractivity (Wildman–Crippen MR) is 131 cm³/mol. The Morgan fingerprint density at radius 3 is 2.53 bits per heavy atom. The van der Waals surface area contributed by atoms with E-state index in [1.807, 2.05) is 43.3 Å². The van der Waals surface area contributed by atoms with E-state index < -0.39 is 0 Å². The Labute approximate surface area is 194 Å². The molecule has 3 aromatic carbocycles. The largest absolute Gasteiger partial charge is 0.497 e. The summed E-state index contributed by atoms with van der Waals surface area (Å²) in [7, 11) is 1.60. The number of amides is 2. The molecule has 0 saturated heterocycles. The molecule has 1 aromatic heterocycles. The second kappa shape index (κ2) is 9.84. The number of thioether (sulfide) groups is 1. The van der Waals surface area contributed by atoms with Gasteiger partial charge in [0.05, 0.1) is 23.1 Å². The smallest absolute Gasteiger partial charge is 0.255 e. The van der Waals surface area contributed by atoms with Crippen LogP contribution >= 0.6 is 23.1 Å². The summed E-state index contributed by atoms with van der Waals surface area (Å²) in [5.41, 5.74) is 3.92. The third-order valence-electron chi connectivity index (χ3n) is 4.61. The van der Waals surface area contributed by atoms with Crippen LogP contribution in [0.25, 0.3) is 10.2 Å². The van der Waals surface area contributed by atoms with Crippen LogP contribution in [0.5, 0.6) is 5.75 Å². The molecule has 0 aliphatic heterocycles. The van der Waals surface area contributed by atoms with Gasteiger partial charge < -0.3 is 15.4 Å². The Bertz CT molecular complexity index is 1270. The normalized spacial score (nSPS) is 10.7. The van der Waals surface area contributed by atoms with Crippen molar-refractivity contribution in [3.05, 3.63) is 77.9 Å². The van der Waals surface area contributed by atoms with E-state index in [1.54, 1.807) is 37.4 Å². The number of nitrogens with one attached hydrogen (secondary N) is 2. The minimum Gasteiger partial charge on any atom is -0.497 e. The van der Waals surface area contributed by atoms with E-state index in [0.29, 0.717) is 11.3 Å². The van der Waals surface area contributed by atoms with Gasteiger partial charge in [-0.25, -0.2) is 4.98 Å². The van der Waals surface area contributed by atoms with Crippen LogP contribution in [-0.2, 0) is 4.79 Å². The second-order valence-corrected chi connectivity index (χ2v) is 9.30. The van der Waals surface area contributed by atoms with Crippen LogP contribution in [0.4, 0.5) is 11.4 Å². The number of fused-ring (bicyclic) bond motifs is 1. The van der Waals surface area contributed by atoms with Crippen molar-refractivity contribution in [1.29, 1.82) is 0 Å². The number of carbonyl (C=O) groups is 2. The van der Waals surface area contributed by atoms with Gasteiger partial charge in [-0.15, -0.1) is 11.3 Å². The molecule has 0 unspecified atom stereocenters. The molecule has 8 heteroatoms. The lowest BCUT2D eigenvalue weighted by Gasteiger charge is -2.05. The quantitative estimate of drug-likeness (QED) is 0.349. The van der Waals surface area contributed by atoms with Gasteiger partial charge in [-0.1, -0.05) is 29.5 Å². The van der Waals surface area contributed by atoms with E-state index in [0.717, 1.165) is 31.6 Å². The van der Waals surface area contributed by atoms with Crippen molar-refractivity contribution in [1.82, 2.24) is 4.98 Å². The number of nitrogens with zero attached hydrogens (tertiary/aromatic N) is 1. The summed E-state index contributed by atoms with van der Waals surface area (Å²) in [5.74, 6) is 0.734. The van der Waals surface area contributed by atoms with Crippen molar-refractivity contribution in [2.75, 3.05) is 23.5 Å². The molecule has 162 valence electrons. The number of methoxy groups -OCH3 is 1. The fourth-order valence-electron chi connectivity index (χ4n) is 3.03. The van der Waals surface area contributed by atoms with Gasteiger partial charge in [-0.05, 0) is 61.5 Å². The van der Waals surface area contributed by atoms with Crippen molar-refractivity contribution in [3.63, 3.8) is 0 Å². The van der Waals surface area contributed by atoms with Crippen molar-refractivity contribution in [3.8, 4) is 5.75 Å². The molecule has 2 amide bonds. The van der Waals surface area contributed by atoms with Gasteiger partial charge in [0.1, 0.15) is 5.75 Å². The Morgan fingerprint density at radius 1 is 1.00 bits per heavy atom. The maximum absolute atomic E-state index is 12.5. The van der Waals surface area contributed by atoms with Crippen LogP contribution in [0, 0.1) is 6.92 Å². The van der Waals surface area contributed by atoms with E-state index in [-0.39, 0.29) is 17.6 Å². The number of ether oxygens (including phenoxy) is 1. The highest BCUT2D eigenvalue weighted by Gasteiger charge is 2.11. The summed E-state index contributed by atoms with van der Waals surface area (Å²) < 4.78 is 6.87. The molecule has 4 aromatic rings. The SMILES string of the molecule is COc1ccc(NC(=O)CSc2nc3ccc(NC(=O)c4cccc(C)c4)cc3s2)cc1. The van der Waals surface area contributed by atoms with Crippen LogP contribution < -0.4 is 15.4 Å². The number of aromatic nitrogens is 1. The van der Waals surface area contributed by atoms with Crippen LogP contribution in [0.2, 0.25) is 0 Å². The zero-order valence-corrected chi connectivity index (χ0v) is 19.2. The van der Waals surface area contributed by atoms with E-state index >= 15 is 0 Å². The van der Waals surface area contributed by atoms with Gasteiger partial charge >= 0.3 is 0 Å². The standard InChI is InChI=1S/C24H21N3O3S2/c1-15-4-3-5-16(12-15)23(29)26-18-8-11-20-21(13-18)32-24(27-20)31-14-22(28)25-17-6-9-19(30-2)10-7-17/h3-13H,14H2,1-2H3,(H,25,28)(H,26,29). The van der Waals surface area contributed by atoms with E-state index in [1.165, 1.54) is 23.1 Å². The van der Waals surface area contributed by atoms with Crippen molar-refractivity contribution in [2.24, 2.45) is 0 Å². The minimum absolute atomic E-state index is 0.106. The molecule has 0 radical (unpaired) electrons. The molecular formula is C24H21N3O3S2. The topological polar surface area (TPSA) is 80.3 Å². The predicted octanol–water partition coefficient (Wildman–Crippen LogP) is 5.60. The summed E-state index contributed by atoms with van der Waals surface area (Å²) in [6.07, 6.45) is 0. The lowest BCUT2D eigenvalue weighted by atomic mass is 10.1. The van der Waals surface area contributed by atoms with Crippen molar-refractivity contribution in [2.45, 2.75) is 11.3 Å². The third-order valence-corrected chi connectivity index (χ3v) is 6.77. The average molecular weight is 464 g/mol. The lowest BCUT2D eigenvalue weighted by molar-refractivity contribution is -0.113. The third kappa shape index (κ3) is 5.46. The molecular weight excluding hydrogens is 442 g/mol. The molecule has 6 nitrogen and oxygen atoms in total. The van der Waals surface area contributed by atoms with Crippen molar-refractivity contribution < 1.29 is 14.3 Å². The first-order chi connectivity index (χ1) is 15.5. The summed E-state index contributed by atoms with van der Waals surface area (Å²) in [5, 5.41) is 5.79. The molecule has 0 bridgehead atoms. The fraction of sp³-hybridized carbons (Fsp3) is 0.125. The number of carbonyl (C=O) groups excluding carboxylic acids is 2. The molecule has 0 saturated carbocycles. The second-order valence-electron chi connectivity index (χ2n) is 7.05. The zero-order valence-electron chi connectivity index (χ0n) is 17.5. The molecule has 4 rings (SSSR count). The Balaban J connectivity index is 1.37. The van der Waals surface area contributed by atoms with Crippen LogP contribution in [0.3, 0.4) is 0 Å². The van der Waals surface area contributed by atoms with Crippen LogP contribution in [0.15, 0.2) is 71.1 Å². The van der Waals surface area contributed by atoms with Crippen LogP contribution in [-0.4, -0.2) is 29.7 Å². The molecule has 0 spiro atoms. The Hall–Kier alpha value is -3.36. The number of anilines is 2. The van der Waals surface area contributed by atoms with Crippen molar-refractivity contribution >= 4 is 56.5 Å². The lowest BCUT2D eigenvalue weighted by Crippen LogP contribution is -2.13. The summed E-state index contributed by atoms with van der Waals surface area (Å²) in [6, 6.07) is 20.3. The molecule has 0 atom stereocenters. The first kappa shape index (κ1) is 21.9. The first-order valence-electron chi connectivity index (χ1n) is 9.85.